The smallest absolute Gasteiger partial charge is 0.306 e. The van der Waals surface area contributed by atoms with Crippen LogP contribution >= 0.6 is 0 Å². The Kier molecular flexibility index (Phi) is 5.46. The van der Waals surface area contributed by atoms with E-state index in [-0.39, 0.29) is 24.2 Å². The Bertz CT molecular complexity index is 797. The van der Waals surface area contributed by atoms with Crippen LogP contribution in [0.5, 0.6) is 5.75 Å². The number of carboxylic acid groups (broad SMARTS) is 1. The Balaban J connectivity index is 1.57. The van der Waals surface area contributed by atoms with Crippen LogP contribution in [0.1, 0.15) is 25.0 Å². The van der Waals surface area contributed by atoms with E-state index in [1.54, 1.807) is 24.4 Å². The first-order chi connectivity index (χ1) is 12.5. The number of hydrogen-bond acceptors (Lipinski definition) is 4. The Morgan fingerprint density at radius 2 is 2.04 bits per heavy atom. The molecule has 2 N–H and O–H groups in total. The van der Waals surface area contributed by atoms with Crippen molar-refractivity contribution in [3.8, 4) is 5.75 Å². The number of carbonyl (C=O) groups is 2. The zero-order valence-electron chi connectivity index (χ0n) is 14.0. The van der Waals surface area contributed by atoms with Gasteiger partial charge in [-0.05, 0) is 43.5 Å². The Labute approximate surface area is 150 Å². The first-order valence-electron chi connectivity index (χ1n) is 8.39. The average Bonchev–Trinajstić information content (AvgIpc) is 3.12. The first kappa shape index (κ1) is 17.8. The number of pyridine rings is 1. The van der Waals surface area contributed by atoms with E-state index >= 15 is 0 Å². The van der Waals surface area contributed by atoms with Crippen molar-refractivity contribution < 1.29 is 23.8 Å². The van der Waals surface area contributed by atoms with E-state index in [2.05, 4.69) is 10.3 Å². The molecule has 1 amide bonds. The van der Waals surface area contributed by atoms with Gasteiger partial charge in [-0.2, -0.15) is 0 Å². The highest BCUT2D eigenvalue weighted by Gasteiger charge is 2.33. The molecule has 0 spiro atoms. The largest absolute Gasteiger partial charge is 0.484 e. The monoisotopic (exact) mass is 358 g/mol. The number of nitrogens with zero attached hydrogens (tertiary/aromatic N) is 1. The van der Waals surface area contributed by atoms with Crippen LogP contribution in [0.25, 0.3) is 0 Å². The van der Waals surface area contributed by atoms with Crippen molar-refractivity contribution in [2.45, 2.75) is 25.9 Å². The number of carbonyl (C=O) groups excluding carboxylic acids is 1. The summed E-state index contributed by atoms with van der Waals surface area (Å²) in [7, 11) is 0. The minimum atomic E-state index is -0.874. The number of rotatable bonds is 6. The van der Waals surface area contributed by atoms with Crippen LogP contribution in [0, 0.1) is 17.7 Å². The van der Waals surface area contributed by atoms with Crippen LogP contribution < -0.4 is 10.1 Å². The third-order valence-electron chi connectivity index (χ3n) is 4.45. The number of nitrogens with one attached hydrogen (secondary N) is 1. The molecule has 2 aromatic rings. The highest BCUT2D eigenvalue weighted by Crippen LogP contribution is 2.32. The first-order valence-corrected chi connectivity index (χ1v) is 8.39. The van der Waals surface area contributed by atoms with Gasteiger partial charge in [0.05, 0.1) is 11.6 Å². The van der Waals surface area contributed by atoms with Crippen molar-refractivity contribution in [1.29, 1.82) is 0 Å². The van der Waals surface area contributed by atoms with Gasteiger partial charge in [0.15, 0.2) is 11.6 Å². The molecular formula is C19H19FN2O4. The molecule has 7 heteroatoms. The summed E-state index contributed by atoms with van der Waals surface area (Å²) in [6.45, 7) is 0.141. The van der Waals surface area contributed by atoms with Gasteiger partial charge >= 0.3 is 5.97 Å². The van der Waals surface area contributed by atoms with Crippen molar-refractivity contribution in [2.24, 2.45) is 11.8 Å². The molecule has 1 aromatic carbocycles. The lowest BCUT2D eigenvalue weighted by molar-refractivity contribution is -0.141. The summed E-state index contributed by atoms with van der Waals surface area (Å²) in [5.74, 6) is -2.52. The zero-order chi connectivity index (χ0) is 18.5. The maximum atomic E-state index is 14.2. The second-order valence-corrected chi connectivity index (χ2v) is 6.29. The number of carboxylic acids is 1. The summed E-state index contributed by atoms with van der Waals surface area (Å²) >= 11 is 0. The summed E-state index contributed by atoms with van der Waals surface area (Å²) in [5.41, 5.74) is 0.995. The summed E-state index contributed by atoms with van der Waals surface area (Å²) in [6.07, 6.45) is 2.96. The van der Waals surface area contributed by atoms with E-state index in [4.69, 9.17) is 9.84 Å². The summed E-state index contributed by atoms with van der Waals surface area (Å²) < 4.78 is 19.6. The topological polar surface area (TPSA) is 88.5 Å². The molecule has 0 bridgehead atoms. The minimum Gasteiger partial charge on any atom is -0.484 e. The predicted octanol–water partition coefficient (Wildman–Crippen LogP) is 3.24. The van der Waals surface area contributed by atoms with E-state index in [1.165, 1.54) is 12.1 Å². The number of aliphatic carboxylic acids is 1. The molecule has 1 fully saturated rings. The fourth-order valence-corrected chi connectivity index (χ4v) is 3.02. The number of halogens is 1. The molecule has 3 rings (SSSR count). The van der Waals surface area contributed by atoms with Gasteiger partial charge < -0.3 is 15.2 Å². The minimum absolute atomic E-state index is 0.0699. The number of hydrogen-bond donors (Lipinski definition) is 2. The van der Waals surface area contributed by atoms with Crippen LogP contribution in [-0.2, 0) is 16.2 Å². The van der Waals surface area contributed by atoms with E-state index in [0.29, 0.717) is 30.6 Å². The second-order valence-electron chi connectivity index (χ2n) is 6.29. The van der Waals surface area contributed by atoms with Gasteiger partial charge in [-0.3, -0.25) is 14.6 Å². The van der Waals surface area contributed by atoms with Gasteiger partial charge in [0.25, 0.3) is 0 Å². The van der Waals surface area contributed by atoms with Crippen LogP contribution in [0.4, 0.5) is 10.1 Å². The predicted molar refractivity (Wildman–Crippen MR) is 92.1 cm³/mol. The molecule has 1 aromatic heterocycles. The lowest BCUT2D eigenvalue weighted by atomic mass is 10.0. The molecule has 0 radical (unpaired) electrons. The van der Waals surface area contributed by atoms with Crippen LogP contribution in [0.15, 0.2) is 42.6 Å². The van der Waals surface area contributed by atoms with Gasteiger partial charge in [0.2, 0.25) is 5.91 Å². The summed E-state index contributed by atoms with van der Waals surface area (Å²) in [5, 5.41) is 11.6. The van der Waals surface area contributed by atoms with E-state index in [9.17, 15) is 14.0 Å². The van der Waals surface area contributed by atoms with Crippen molar-refractivity contribution in [3.05, 3.63) is 54.1 Å². The molecular weight excluding hydrogens is 339 g/mol. The van der Waals surface area contributed by atoms with Crippen LogP contribution in [-0.4, -0.2) is 22.0 Å². The molecule has 1 saturated carbocycles. The molecule has 136 valence electrons. The molecule has 26 heavy (non-hydrogen) atoms. The molecule has 1 aliphatic rings. The highest BCUT2D eigenvalue weighted by molar-refractivity contribution is 5.93. The molecule has 1 heterocycles. The number of ether oxygens (including phenoxy) is 1. The lowest BCUT2D eigenvalue weighted by Gasteiger charge is -2.12. The van der Waals surface area contributed by atoms with E-state index < -0.39 is 17.7 Å². The normalized spacial score (nSPS) is 19.1. The quantitative estimate of drug-likeness (QED) is 0.828. The van der Waals surface area contributed by atoms with Crippen molar-refractivity contribution in [2.75, 3.05) is 5.32 Å². The highest BCUT2D eigenvalue weighted by atomic mass is 19.1. The van der Waals surface area contributed by atoms with Crippen LogP contribution in [0.3, 0.4) is 0 Å². The van der Waals surface area contributed by atoms with Crippen LogP contribution in [0.2, 0.25) is 0 Å². The molecule has 2 atom stereocenters. The fourth-order valence-electron chi connectivity index (χ4n) is 3.02. The van der Waals surface area contributed by atoms with Gasteiger partial charge in [-0.1, -0.05) is 6.07 Å². The summed E-state index contributed by atoms with van der Waals surface area (Å²) in [6, 6.07) is 9.57. The van der Waals surface area contributed by atoms with Crippen molar-refractivity contribution >= 4 is 17.6 Å². The maximum absolute atomic E-state index is 14.2. The maximum Gasteiger partial charge on any atom is 0.306 e. The molecule has 0 unspecified atom stereocenters. The van der Waals surface area contributed by atoms with E-state index in [0.717, 1.165) is 0 Å². The Morgan fingerprint density at radius 1 is 1.23 bits per heavy atom. The van der Waals surface area contributed by atoms with Gasteiger partial charge in [0, 0.05) is 23.9 Å². The lowest BCUT2D eigenvalue weighted by Crippen LogP contribution is -2.21. The standard InChI is InChI=1S/C19H19FN2O4/c20-16-10-14(22-18(23)12-4-5-13(9-12)19(24)25)6-7-17(16)26-11-15-3-1-2-8-21-15/h1-3,6-8,10,12-13H,4-5,9,11H2,(H,22,23)(H,24,25)/t12-,13+/m0/s1. The second kappa shape index (κ2) is 7.95. The van der Waals surface area contributed by atoms with E-state index in [1.807, 2.05) is 6.07 Å². The van der Waals surface area contributed by atoms with Gasteiger partial charge in [-0.25, -0.2) is 4.39 Å². The zero-order valence-corrected chi connectivity index (χ0v) is 14.0. The molecule has 6 nitrogen and oxygen atoms in total. The van der Waals surface area contributed by atoms with Crippen molar-refractivity contribution in [1.82, 2.24) is 4.98 Å². The third kappa shape index (κ3) is 4.36. The Hall–Kier alpha value is -2.96. The van der Waals surface area contributed by atoms with Gasteiger partial charge in [-0.15, -0.1) is 0 Å². The number of benzene rings is 1. The Morgan fingerprint density at radius 3 is 2.69 bits per heavy atom. The number of aromatic nitrogens is 1. The van der Waals surface area contributed by atoms with Crippen molar-refractivity contribution in [3.63, 3.8) is 0 Å². The summed E-state index contributed by atoms with van der Waals surface area (Å²) in [4.78, 5) is 27.3. The van der Waals surface area contributed by atoms with Gasteiger partial charge in [0.1, 0.15) is 6.61 Å². The molecule has 0 aliphatic heterocycles. The molecule has 1 aliphatic carbocycles. The average molecular weight is 358 g/mol. The molecule has 0 saturated heterocycles. The SMILES string of the molecule is O=C(O)[C@@H]1CC[C@H](C(=O)Nc2ccc(OCc3ccccn3)c(F)c2)C1. The fraction of sp³-hybridized carbons (Fsp3) is 0.316. The third-order valence-corrected chi connectivity index (χ3v) is 4.45. The number of anilines is 1. The number of amides is 1.